The number of carbonyl (C=O) groups excluding carboxylic acids is 1. The third kappa shape index (κ3) is 4.80. The summed E-state index contributed by atoms with van der Waals surface area (Å²) in [6, 6.07) is 19.1. The third-order valence-corrected chi connectivity index (χ3v) is 6.46. The van der Waals surface area contributed by atoms with Gasteiger partial charge in [-0.25, -0.2) is 0 Å². The monoisotopic (exact) mass is 469 g/mol. The normalized spacial score (nSPS) is 14.1. The number of amides is 1. The standard InChI is InChI=1S/C27H27N5O3/c1-19-9-10-25(17-26(19)32(34)35)31-20(2)15-22(21(31)3)16-23(18-28)27(33)30-13-11-29(12-14-30)24-7-5-4-6-8-24/h4-10,15-17H,11-14H2,1-3H3/b23-16-. The molecule has 1 amide bonds. The zero-order valence-corrected chi connectivity index (χ0v) is 20.1. The Balaban J connectivity index is 1.56. The van der Waals surface area contributed by atoms with Crippen molar-refractivity contribution in [3.8, 4) is 11.8 Å². The van der Waals surface area contributed by atoms with Crippen molar-refractivity contribution in [3.05, 3.63) is 92.8 Å². The summed E-state index contributed by atoms with van der Waals surface area (Å²) in [6.45, 7) is 7.97. The van der Waals surface area contributed by atoms with Gasteiger partial charge in [-0.2, -0.15) is 5.26 Å². The Morgan fingerprint density at radius 3 is 2.31 bits per heavy atom. The SMILES string of the molecule is Cc1ccc(-n2c(C)cc(/C=C(/C#N)C(=O)N3CCN(c4ccccc4)CC3)c2C)cc1[N+](=O)[O-]. The molecule has 1 aliphatic rings. The van der Waals surface area contributed by atoms with Crippen LogP contribution >= 0.6 is 0 Å². The maximum Gasteiger partial charge on any atom is 0.274 e. The summed E-state index contributed by atoms with van der Waals surface area (Å²) < 4.78 is 1.90. The zero-order chi connectivity index (χ0) is 25.1. The molecule has 0 bridgehead atoms. The molecule has 0 saturated carbocycles. The molecule has 35 heavy (non-hydrogen) atoms. The first-order valence-electron chi connectivity index (χ1n) is 11.5. The maximum absolute atomic E-state index is 13.1. The molecule has 0 N–H and O–H groups in total. The summed E-state index contributed by atoms with van der Waals surface area (Å²) in [5.41, 5.74) is 4.90. The van der Waals surface area contributed by atoms with Crippen LogP contribution in [0, 0.1) is 42.2 Å². The third-order valence-electron chi connectivity index (χ3n) is 6.46. The number of piperazine rings is 1. The number of rotatable bonds is 5. The molecule has 178 valence electrons. The van der Waals surface area contributed by atoms with Crippen molar-refractivity contribution in [3.63, 3.8) is 0 Å². The molecule has 0 radical (unpaired) electrons. The van der Waals surface area contributed by atoms with E-state index in [9.17, 15) is 20.2 Å². The van der Waals surface area contributed by atoms with E-state index in [1.807, 2.05) is 48.7 Å². The lowest BCUT2D eigenvalue weighted by Crippen LogP contribution is -2.49. The molecular weight excluding hydrogens is 442 g/mol. The van der Waals surface area contributed by atoms with Gasteiger partial charge in [0, 0.05) is 54.9 Å². The first-order chi connectivity index (χ1) is 16.8. The first-order valence-corrected chi connectivity index (χ1v) is 11.5. The van der Waals surface area contributed by atoms with Crippen LogP contribution in [0.15, 0.2) is 60.2 Å². The Morgan fingerprint density at radius 1 is 1.00 bits per heavy atom. The summed E-state index contributed by atoms with van der Waals surface area (Å²) in [4.78, 5) is 28.1. The van der Waals surface area contributed by atoms with Crippen LogP contribution in [0.5, 0.6) is 0 Å². The average molecular weight is 470 g/mol. The average Bonchev–Trinajstić information content (AvgIpc) is 3.15. The van der Waals surface area contributed by atoms with Gasteiger partial charge in [0.05, 0.1) is 10.6 Å². The van der Waals surface area contributed by atoms with Gasteiger partial charge in [0.25, 0.3) is 11.6 Å². The van der Waals surface area contributed by atoms with E-state index in [-0.39, 0.29) is 17.2 Å². The molecular formula is C27H27N5O3. The Kier molecular flexibility index (Phi) is 6.69. The summed E-state index contributed by atoms with van der Waals surface area (Å²) in [5, 5.41) is 21.2. The number of nitro benzene ring substituents is 1. The number of hydrogen-bond acceptors (Lipinski definition) is 5. The molecule has 0 atom stereocenters. The summed E-state index contributed by atoms with van der Waals surface area (Å²) in [7, 11) is 0. The first kappa shape index (κ1) is 23.8. The highest BCUT2D eigenvalue weighted by Crippen LogP contribution is 2.27. The van der Waals surface area contributed by atoms with Crippen molar-refractivity contribution < 1.29 is 9.72 Å². The second kappa shape index (κ2) is 9.85. The van der Waals surface area contributed by atoms with Crippen LogP contribution < -0.4 is 4.90 Å². The number of hydrogen-bond donors (Lipinski definition) is 0. The van der Waals surface area contributed by atoms with Crippen molar-refractivity contribution in [1.82, 2.24) is 9.47 Å². The highest BCUT2D eigenvalue weighted by Gasteiger charge is 2.24. The van der Waals surface area contributed by atoms with E-state index in [1.165, 1.54) is 0 Å². The minimum atomic E-state index is -0.391. The van der Waals surface area contributed by atoms with Crippen LogP contribution in [0.2, 0.25) is 0 Å². The maximum atomic E-state index is 13.1. The fraction of sp³-hybridized carbons (Fsp3) is 0.259. The molecule has 0 unspecified atom stereocenters. The smallest absolute Gasteiger partial charge is 0.274 e. The number of nitriles is 1. The molecule has 2 aromatic carbocycles. The van der Waals surface area contributed by atoms with E-state index in [0.717, 1.165) is 22.6 Å². The second-order valence-electron chi connectivity index (χ2n) is 8.67. The Hall–Kier alpha value is -4.38. The lowest BCUT2D eigenvalue weighted by atomic mass is 10.1. The van der Waals surface area contributed by atoms with Crippen molar-refractivity contribution in [2.75, 3.05) is 31.1 Å². The molecule has 8 heteroatoms. The number of nitro groups is 1. The van der Waals surface area contributed by atoms with Gasteiger partial charge in [0.15, 0.2) is 0 Å². The Bertz CT molecular complexity index is 1340. The Morgan fingerprint density at radius 2 is 1.69 bits per heavy atom. The minimum Gasteiger partial charge on any atom is -0.368 e. The highest BCUT2D eigenvalue weighted by molar-refractivity contribution is 6.02. The highest BCUT2D eigenvalue weighted by atomic mass is 16.6. The van der Waals surface area contributed by atoms with Gasteiger partial charge in [-0.1, -0.05) is 24.3 Å². The van der Waals surface area contributed by atoms with Crippen molar-refractivity contribution in [2.24, 2.45) is 0 Å². The van der Waals surface area contributed by atoms with Crippen LogP contribution in [0.4, 0.5) is 11.4 Å². The molecule has 1 saturated heterocycles. The van der Waals surface area contributed by atoms with Gasteiger partial charge in [0.2, 0.25) is 0 Å². The van der Waals surface area contributed by atoms with E-state index in [1.54, 1.807) is 30.0 Å². The predicted octanol–water partition coefficient (Wildman–Crippen LogP) is 4.57. The molecule has 0 spiro atoms. The summed E-state index contributed by atoms with van der Waals surface area (Å²) in [6.07, 6.45) is 1.62. The van der Waals surface area contributed by atoms with Gasteiger partial charge < -0.3 is 14.4 Å². The summed E-state index contributed by atoms with van der Waals surface area (Å²) in [5.74, 6) is -0.281. The number of para-hydroxylation sites is 1. The van der Waals surface area contributed by atoms with Crippen LogP contribution in [-0.4, -0.2) is 46.5 Å². The van der Waals surface area contributed by atoms with Gasteiger partial charge in [-0.3, -0.25) is 14.9 Å². The fourth-order valence-corrected chi connectivity index (χ4v) is 4.54. The number of carbonyl (C=O) groups is 1. The minimum absolute atomic E-state index is 0.0506. The molecule has 1 fully saturated rings. The van der Waals surface area contributed by atoms with Gasteiger partial charge in [0.1, 0.15) is 11.6 Å². The van der Waals surface area contributed by atoms with Crippen molar-refractivity contribution >= 4 is 23.4 Å². The van der Waals surface area contributed by atoms with E-state index < -0.39 is 4.92 Å². The molecule has 1 aromatic heterocycles. The van der Waals surface area contributed by atoms with E-state index >= 15 is 0 Å². The van der Waals surface area contributed by atoms with Crippen molar-refractivity contribution in [1.29, 1.82) is 5.26 Å². The molecule has 0 aliphatic carbocycles. The molecule has 3 aromatic rings. The zero-order valence-electron chi connectivity index (χ0n) is 20.1. The largest absolute Gasteiger partial charge is 0.368 e. The number of nitrogens with zero attached hydrogens (tertiary/aromatic N) is 5. The molecule has 4 rings (SSSR count). The van der Waals surface area contributed by atoms with E-state index in [0.29, 0.717) is 37.4 Å². The van der Waals surface area contributed by atoms with Crippen molar-refractivity contribution in [2.45, 2.75) is 20.8 Å². The van der Waals surface area contributed by atoms with Gasteiger partial charge in [-0.05, 0) is 56.7 Å². The van der Waals surface area contributed by atoms with Crippen LogP contribution in [0.3, 0.4) is 0 Å². The lowest BCUT2D eigenvalue weighted by Gasteiger charge is -2.36. The predicted molar refractivity (Wildman–Crippen MR) is 135 cm³/mol. The van der Waals surface area contributed by atoms with Crippen LogP contribution in [-0.2, 0) is 4.79 Å². The number of aryl methyl sites for hydroxylation is 2. The quantitative estimate of drug-likeness (QED) is 0.236. The van der Waals surface area contributed by atoms with E-state index in [4.69, 9.17) is 0 Å². The van der Waals surface area contributed by atoms with Crippen LogP contribution in [0.25, 0.3) is 11.8 Å². The number of benzene rings is 2. The topological polar surface area (TPSA) is 95.4 Å². The molecule has 2 heterocycles. The van der Waals surface area contributed by atoms with E-state index in [2.05, 4.69) is 23.1 Å². The number of aromatic nitrogens is 1. The molecule has 1 aliphatic heterocycles. The second-order valence-corrected chi connectivity index (χ2v) is 8.67. The number of anilines is 1. The Labute approximate surface area is 204 Å². The fourth-order valence-electron chi connectivity index (χ4n) is 4.54. The van der Waals surface area contributed by atoms with Gasteiger partial charge >= 0.3 is 0 Å². The van der Waals surface area contributed by atoms with Gasteiger partial charge in [-0.15, -0.1) is 0 Å². The molecule has 8 nitrogen and oxygen atoms in total. The summed E-state index contributed by atoms with van der Waals surface area (Å²) >= 11 is 0. The lowest BCUT2D eigenvalue weighted by molar-refractivity contribution is -0.385. The van der Waals surface area contributed by atoms with Crippen LogP contribution in [0.1, 0.15) is 22.5 Å².